The first-order valence-electron chi connectivity index (χ1n) is 8.04. The molecular weight excluding hydrogens is 373 g/mol. The first-order valence-corrected chi connectivity index (χ1v) is 8.79. The number of hydrogen-bond donors (Lipinski definition) is 1. The van der Waals surface area contributed by atoms with E-state index in [0.717, 1.165) is 0 Å². The van der Waals surface area contributed by atoms with E-state index in [1.165, 1.54) is 6.08 Å². The summed E-state index contributed by atoms with van der Waals surface area (Å²) in [5.74, 6) is 0.198. The summed E-state index contributed by atoms with van der Waals surface area (Å²) in [7, 11) is 0. The number of carbonyl (C=O) groups excluding carboxylic acids is 2. The molecule has 0 aliphatic carbocycles. The first kappa shape index (κ1) is 18.5. The van der Waals surface area contributed by atoms with Crippen molar-refractivity contribution in [1.82, 2.24) is 0 Å². The van der Waals surface area contributed by atoms with E-state index >= 15 is 0 Å². The van der Waals surface area contributed by atoms with Gasteiger partial charge in [0.15, 0.2) is 5.78 Å². The summed E-state index contributed by atoms with van der Waals surface area (Å²) in [6, 6.07) is 10.1. The van der Waals surface area contributed by atoms with Crippen LogP contribution in [0.5, 0.6) is 5.75 Å². The Balaban J connectivity index is 1.73. The lowest BCUT2D eigenvalue weighted by Crippen LogP contribution is -2.35. The molecule has 4 nitrogen and oxygen atoms in total. The van der Waals surface area contributed by atoms with Crippen LogP contribution in [0.25, 0.3) is 6.08 Å². The number of fused-ring (bicyclic) bond motifs is 1. The molecule has 1 aliphatic heterocycles. The zero-order chi connectivity index (χ0) is 18.9. The zero-order valence-corrected chi connectivity index (χ0v) is 15.8. The fraction of sp³-hybridized carbons (Fsp3) is 0.200. The number of ether oxygens (including phenoxy) is 1. The fourth-order valence-corrected chi connectivity index (χ4v) is 3.19. The topological polar surface area (TPSA) is 55.4 Å². The highest BCUT2D eigenvalue weighted by atomic mass is 35.5. The molecule has 134 valence electrons. The van der Waals surface area contributed by atoms with Gasteiger partial charge in [-0.1, -0.05) is 29.3 Å². The van der Waals surface area contributed by atoms with E-state index in [-0.39, 0.29) is 11.7 Å². The van der Waals surface area contributed by atoms with Gasteiger partial charge in [-0.2, -0.15) is 0 Å². The minimum absolute atomic E-state index is 0.00385. The largest absolute Gasteiger partial charge is 0.487 e. The van der Waals surface area contributed by atoms with Crippen molar-refractivity contribution in [3.63, 3.8) is 0 Å². The van der Waals surface area contributed by atoms with Crippen LogP contribution in [0, 0.1) is 0 Å². The number of benzene rings is 2. The Kier molecular flexibility index (Phi) is 5.08. The van der Waals surface area contributed by atoms with Crippen LogP contribution < -0.4 is 10.1 Å². The second kappa shape index (κ2) is 7.14. The molecule has 26 heavy (non-hydrogen) atoms. The molecule has 6 heteroatoms. The molecule has 0 radical (unpaired) electrons. The van der Waals surface area contributed by atoms with Crippen molar-refractivity contribution in [1.29, 1.82) is 0 Å². The Bertz CT molecular complexity index is 919. The van der Waals surface area contributed by atoms with Gasteiger partial charge in [-0.3, -0.25) is 9.59 Å². The highest BCUT2D eigenvalue weighted by Gasteiger charge is 2.32. The molecule has 1 amide bonds. The van der Waals surface area contributed by atoms with E-state index in [9.17, 15) is 9.59 Å². The molecule has 0 unspecified atom stereocenters. The molecule has 0 aromatic heterocycles. The van der Waals surface area contributed by atoms with Gasteiger partial charge in [0, 0.05) is 21.8 Å². The number of Topliss-reactive ketones (excluding diaryl/α,β-unsaturated/α-hetero) is 1. The summed E-state index contributed by atoms with van der Waals surface area (Å²) >= 11 is 11.9. The summed E-state index contributed by atoms with van der Waals surface area (Å²) < 4.78 is 5.80. The van der Waals surface area contributed by atoms with Crippen LogP contribution in [0.3, 0.4) is 0 Å². The minimum Gasteiger partial charge on any atom is -0.487 e. The average Bonchev–Trinajstić information content (AvgIpc) is 2.54. The molecule has 0 spiro atoms. The third-order valence-corrected chi connectivity index (χ3v) is 4.46. The van der Waals surface area contributed by atoms with Crippen LogP contribution in [0.4, 0.5) is 5.69 Å². The number of nitrogens with one attached hydrogen (secondary N) is 1. The zero-order valence-electron chi connectivity index (χ0n) is 14.3. The minimum atomic E-state index is -0.518. The van der Waals surface area contributed by atoms with Crippen molar-refractivity contribution >= 4 is 46.7 Å². The smallest absolute Gasteiger partial charge is 0.248 e. The van der Waals surface area contributed by atoms with Gasteiger partial charge in [0.05, 0.1) is 12.0 Å². The van der Waals surface area contributed by atoms with E-state index in [0.29, 0.717) is 39.0 Å². The molecular formula is C20H17Cl2NO3. The third-order valence-electron chi connectivity index (χ3n) is 3.90. The number of hydrogen-bond acceptors (Lipinski definition) is 3. The number of halogens is 2. The molecule has 0 bridgehead atoms. The molecule has 3 rings (SSSR count). The van der Waals surface area contributed by atoms with Crippen molar-refractivity contribution in [2.45, 2.75) is 25.9 Å². The molecule has 1 N–H and O–H groups in total. The van der Waals surface area contributed by atoms with Crippen LogP contribution in [-0.4, -0.2) is 17.3 Å². The van der Waals surface area contributed by atoms with Gasteiger partial charge in [-0.25, -0.2) is 0 Å². The molecule has 0 atom stereocenters. The van der Waals surface area contributed by atoms with Crippen molar-refractivity contribution in [2.75, 3.05) is 5.32 Å². The number of anilines is 1. The van der Waals surface area contributed by atoms with E-state index < -0.39 is 5.60 Å². The Labute approximate surface area is 161 Å². The fourth-order valence-electron chi connectivity index (χ4n) is 2.72. The summed E-state index contributed by atoms with van der Waals surface area (Å²) in [5.41, 5.74) is 1.17. The van der Waals surface area contributed by atoms with E-state index in [1.54, 1.807) is 42.5 Å². The number of carbonyl (C=O) groups is 2. The number of ketones is 1. The van der Waals surface area contributed by atoms with E-state index in [4.69, 9.17) is 27.9 Å². The lowest BCUT2D eigenvalue weighted by atomic mass is 9.93. The Morgan fingerprint density at radius 1 is 1.19 bits per heavy atom. The van der Waals surface area contributed by atoms with Crippen LogP contribution >= 0.6 is 23.2 Å². The van der Waals surface area contributed by atoms with Crippen LogP contribution in [0.15, 0.2) is 42.5 Å². The summed E-state index contributed by atoms with van der Waals surface area (Å²) in [6.07, 6.45) is 3.27. The van der Waals surface area contributed by atoms with E-state index in [1.807, 2.05) is 13.8 Å². The molecule has 0 saturated carbocycles. The molecule has 0 saturated heterocycles. The third kappa shape index (κ3) is 4.26. The van der Waals surface area contributed by atoms with Gasteiger partial charge in [0.1, 0.15) is 11.4 Å². The molecule has 1 heterocycles. The van der Waals surface area contributed by atoms with Gasteiger partial charge < -0.3 is 10.1 Å². The molecule has 0 fully saturated rings. The highest BCUT2D eigenvalue weighted by Crippen LogP contribution is 2.34. The van der Waals surface area contributed by atoms with Gasteiger partial charge in [0.25, 0.3) is 0 Å². The SMILES string of the molecule is CC1(C)CC(=O)c2cc(NC(=O)/C=C/c3ccc(Cl)cc3Cl)ccc2O1. The highest BCUT2D eigenvalue weighted by molar-refractivity contribution is 6.35. The van der Waals surface area contributed by atoms with Crippen LogP contribution in [0.1, 0.15) is 36.2 Å². The summed E-state index contributed by atoms with van der Waals surface area (Å²) in [5, 5.41) is 3.72. The quantitative estimate of drug-likeness (QED) is 0.715. The summed E-state index contributed by atoms with van der Waals surface area (Å²) in [6.45, 7) is 3.74. The maximum absolute atomic E-state index is 12.3. The van der Waals surface area contributed by atoms with Crippen molar-refractivity contribution in [3.05, 3.63) is 63.6 Å². The second-order valence-corrected chi connectivity index (χ2v) is 7.50. The number of amides is 1. The Hall–Kier alpha value is -2.30. The molecule has 2 aromatic carbocycles. The maximum atomic E-state index is 12.3. The van der Waals surface area contributed by atoms with Crippen molar-refractivity contribution in [3.8, 4) is 5.75 Å². The number of rotatable bonds is 3. The Morgan fingerprint density at radius 3 is 2.69 bits per heavy atom. The lowest BCUT2D eigenvalue weighted by molar-refractivity contribution is -0.111. The van der Waals surface area contributed by atoms with Crippen molar-refractivity contribution in [2.24, 2.45) is 0 Å². The lowest BCUT2D eigenvalue weighted by Gasteiger charge is -2.31. The first-order chi connectivity index (χ1) is 12.2. The molecule has 1 aliphatic rings. The van der Waals surface area contributed by atoms with Gasteiger partial charge in [-0.15, -0.1) is 0 Å². The Morgan fingerprint density at radius 2 is 1.96 bits per heavy atom. The predicted molar refractivity (Wildman–Crippen MR) is 104 cm³/mol. The predicted octanol–water partition coefficient (Wildman–Crippen LogP) is 5.39. The monoisotopic (exact) mass is 389 g/mol. The standard InChI is InChI=1S/C20H17Cl2NO3/c1-20(2)11-17(24)15-10-14(6-7-18(15)26-20)23-19(25)8-4-12-3-5-13(21)9-16(12)22/h3-10H,11H2,1-2H3,(H,23,25)/b8-4+. The van der Waals surface area contributed by atoms with Gasteiger partial charge in [-0.05, 0) is 55.8 Å². The van der Waals surface area contributed by atoms with Crippen LogP contribution in [-0.2, 0) is 4.79 Å². The van der Waals surface area contributed by atoms with Gasteiger partial charge >= 0.3 is 0 Å². The van der Waals surface area contributed by atoms with Crippen molar-refractivity contribution < 1.29 is 14.3 Å². The normalized spacial score (nSPS) is 15.5. The van der Waals surface area contributed by atoms with E-state index in [2.05, 4.69) is 5.32 Å². The van der Waals surface area contributed by atoms with Gasteiger partial charge in [0.2, 0.25) is 5.91 Å². The molecule has 2 aromatic rings. The second-order valence-electron chi connectivity index (χ2n) is 6.66. The average molecular weight is 390 g/mol. The maximum Gasteiger partial charge on any atom is 0.248 e. The van der Waals surface area contributed by atoms with Crippen LogP contribution in [0.2, 0.25) is 10.0 Å². The summed E-state index contributed by atoms with van der Waals surface area (Å²) in [4.78, 5) is 24.4.